The number of hydrogen-bond donors (Lipinski definition) is 1. The number of likely N-dealkylation sites (tertiary alicyclic amines) is 1. The van der Waals surface area contributed by atoms with E-state index in [1.165, 1.54) is 0 Å². The van der Waals surface area contributed by atoms with Crippen LogP contribution in [0, 0.1) is 0 Å². The van der Waals surface area contributed by atoms with Crippen LogP contribution in [0.25, 0.3) is 0 Å². The molecule has 146 valence electrons. The molecule has 26 heavy (non-hydrogen) atoms. The Balaban J connectivity index is 2.11. The third-order valence-corrected chi connectivity index (χ3v) is 5.06. The molecule has 0 spiro atoms. The van der Waals surface area contributed by atoms with Gasteiger partial charge in [0.15, 0.2) is 0 Å². The number of aromatic nitrogens is 2. The molecule has 1 aliphatic rings. The normalized spacial score (nSPS) is 18.8. The standard InChI is InChI=1S/C19H32N4O3/c1-6-16-15(12-20-23(16)19(2,3)4)18(26)22-10-7-8-14(9-11-22)21(5)13-17(24)25/h12,14H,6-11,13H2,1-5H3,(H,24,25). The number of carboxylic acids is 1. The fourth-order valence-electron chi connectivity index (χ4n) is 3.71. The molecule has 2 rings (SSSR count). The van der Waals surface area contributed by atoms with Crippen molar-refractivity contribution in [3.8, 4) is 0 Å². The third kappa shape index (κ3) is 4.63. The van der Waals surface area contributed by atoms with E-state index < -0.39 is 5.97 Å². The van der Waals surface area contributed by atoms with Crippen molar-refractivity contribution in [1.29, 1.82) is 0 Å². The summed E-state index contributed by atoms with van der Waals surface area (Å²) in [6.07, 6.45) is 5.05. The van der Waals surface area contributed by atoms with Crippen molar-refractivity contribution in [2.45, 2.75) is 65.0 Å². The Morgan fingerprint density at radius 1 is 1.31 bits per heavy atom. The van der Waals surface area contributed by atoms with Crippen molar-refractivity contribution in [1.82, 2.24) is 19.6 Å². The lowest BCUT2D eigenvalue weighted by Crippen LogP contribution is -2.37. The first-order valence-corrected chi connectivity index (χ1v) is 9.43. The van der Waals surface area contributed by atoms with E-state index in [1.807, 2.05) is 21.5 Å². The van der Waals surface area contributed by atoms with E-state index in [0.717, 1.165) is 31.4 Å². The average Bonchev–Trinajstić information content (AvgIpc) is 2.83. The fourth-order valence-corrected chi connectivity index (χ4v) is 3.71. The van der Waals surface area contributed by atoms with E-state index >= 15 is 0 Å². The Bertz CT molecular complexity index is 648. The molecule has 1 unspecified atom stereocenters. The molecule has 7 heteroatoms. The summed E-state index contributed by atoms with van der Waals surface area (Å²) >= 11 is 0. The summed E-state index contributed by atoms with van der Waals surface area (Å²) in [6, 6.07) is 0.201. The maximum atomic E-state index is 13.1. The van der Waals surface area contributed by atoms with Crippen molar-refractivity contribution < 1.29 is 14.7 Å². The summed E-state index contributed by atoms with van der Waals surface area (Å²) in [4.78, 5) is 27.8. The second-order valence-corrected chi connectivity index (χ2v) is 8.13. The van der Waals surface area contributed by atoms with Crippen LogP contribution in [0.2, 0.25) is 0 Å². The van der Waals surface area contributed by atoms with Gasteiger partial charge in [0.2, 0.25) is 0 Å². The first-order chi connectivity index (χ1) is 12.1. The molecule has 2 heterocycles. The lowest BCUT2D eigenvalue weighted by atomic mass is 10.1. The third-order valence-electron chi connectivity index (χ3n) is 5.06. The van der Waals surface area contributed by atoms with Crippen molar-refractivity contribution in [2.75, 3.05) is 26.7 Å². The lowest BCUT2D eigenvalue weighted by molar-refractivity contribution is -0.138. The molecule has 1 N–H and O–H groups in total. The van der Waals surface area contributed by atoms with Gasteiger partial charge in [0.05, 0.1) is 29.5 Å². The maximum absolute atomic E-state index is 13.1. The highest BCUT2D eigenvalue weighted by molar-refractivity contribution is 5.95. The van der Waals surface area contributed by atoms with Crippen LogP contribution in [0.15, 0.2) is 6.20 Å². The molecule has 1 aromatic rings. The number of rotatable bonds is 5. The second-order valence-electron chi connectivity index (χ2n) is 8.13. The van der Waals surface area contributed by atoms with Gasteiger partial charge in [-0.1, -0.05) is 6.92 Å². The van der Waals surface area contributed by atoms with Gasteiger partial charge in [0, 0.05) is 19.1 Å². The van der Waals surface area contributed by atoms with Crippen molar-refractivity contribution >= 4 is 11.9 Å². The Morgan fingerprint density at radius 2 is 2.00 bits per heavy atom. The number of likely N-dealkylation sites (N-methyl/N-ethyl adjacent to an activating group) is 1. The number of carboxylic acid groups (broad SMARTS) is 1. The zero-order chi connectivity index (χ0) is 19.5. The molecular formula is C19H32N4O3. The van der Waals surface area contributed by atoms with Gasteiger partial charge < -0.3 is 10.0 Å². The first-order valence-electron chi connectivity index (χ1n) is 9.43. The Labute approximate surface area is 156 Å². The zero-order valence-corrected chi connectivity index (χ0v) is 16.7. The van der Waals surface area contributed by atoms with Crippen LogP contribution in [0.4, 0.5) is 0 Å². The summed E-state index contributed by atoms with van der Waals surface area (Å²) in [7, 11) is 1.85. The quantitative estimate of drug-likeness (QED) is 0.867. The number of amides is 1. The smallest absolute Gasteiger partial charge is 0.317 e. The predicted octanol–water partition coefficient (Wildman–Crippen LogP) is 2.21. The molecule has 1 aliphatic heterocycles. The van der Waals surface area contributed by atoms with Crippen LogP contribution in [0.5, 0.6) is 0 Å². The van der Waals surface area contributed by atoms with E-state index in [-0.39, 0.29) is 24.0 Å². The van der Waals surface area contributed by atoms with E-state index in [4.69, 9.17) is 5.11 Å². The minimum absolute atomic E-state index is 0.0386. The van der Waals surface area contributed by atoms with Gasteiger partial charge >= 0.3 is 5.97 Å². The van der Waals surface area contributed by atoms with Crippen molar-refractivity contribution in [2.24, 2.45) is 0 Å². The maximum Gasteiger partial charge on any atom is 0.317 e. The predicted molar refractivity (Wildman–Crippen MR) is 100 cm³/mol. The van der Waals surface area contributed by atoms with Crippen LogP contribution < -0.4 is 0 Å². The molecule has 1 atom stereocenters. The molecule has 0 bridgehead atoms. The van der Waals surface area contributed by atoms with Crippen LogP contribution in [-0.2, 0) is 16.8 Å². The number of carbonyl (C=O) groups excluding carboxylic acids is 1. The topological polar surface area (TPSA) is 78.7 Å². The molecule has 0 aromatic carbocycles. The monoisotopic (exact) mass is 364 g/mol. The highest BCUT2D eigenvalue weighted by atomic mass is 16.4. The van der Waals surface area contributed by atoms with E-state index in [2.05, 4.69) is 32.8 Å². The molecule has 1 aromatic heterocycles. The summed E-state index contributed by atoms with van der Waals surface area (Å²) in [5.74, 6) is -0.772. The molecule has 1 amide bonds. The SMILES string of the molecule is CCc1c(C(=O)N2CCCC(N(C)CC(=O)O)CC2)cnn1C(C)(C)C. The molecule has 0 radical (unpaired) electrons. The van der Waals surface area contributed by atoms with Crippen molar-refractivity contribution in [3.05, 3.63) is 17.5 Å². The zero-order valence-electron chi connectivity index (χ0n) is 16.7. The number of hydrogen-bond acceptors (Lipinski definition) is 4. The molecule has 0 aliphatic carbocycles. The number of aliphatic carboxylic acids is 1. The Hall–Kier alpha value is -1.89. The van der Waals surface area contributed by atoms with Gasteiger partial charge in [-0.15, -0.1) is 0 Å². The molecular weight excluding hydrogens is 332 g/mol. The van der Waals surface area contributed by atoms with Crippen LogP contribution in [0.1, 0.15) is 63.0 Å². The fraction of sp³-hybridized carbons (Fsp3) is 0.737. The Morgan fingerprint density at radius 3 is 2.58 bits per heavy atom. The van der Waals surface area contributed by atoms with Crippen LogP contribution in [-0.4, -0.2) is 69.3 Å². The highest BCUT2D eigenvalue weighted by Crippen LogP contribution is 2.23. The Kier molecular flexibility index (Phi) is 6.44. The van der Waals surface area contributed by atoms with Crippen molar-refractivity contribution in [3.63, 3.8) is 0 Å². The van der Waals surface area contributed by atoms with Gasteiger partial charge in [-0.2, -0.15) is 5.10 Å². The average molecular weight is 364 g/mol. The van der Waals surface area contributed by atoms with E-state index in [0.29, 0.717) is 18.7 Å². The molecule has 1 saturated heterocycles. The molecule has 7 nitrogen and oxygen atoms in total. The lowest BCUT2D eigenvalue weighted by Gasteiger charge is -2.26. The van der Waals surface area contributed by atoms with Crippen LogP contribution in [0.3, 0.4) is 0 Å². The number of nitrogens with zero attached hydrogens (tertiary/aromatic N) is 4. The van der Waals surface area contributed by atoms with Gasteiger partial charge in [-0.05, 0) is 53.5 Å². The van der Waals surface area contributed by atoms with Gasteiger partial charge in [-0.25, -0.2) is 0 Å². The minimum atomic E-state index is -0.813. The first kappa shape index (κ1) is 20.4. The molecule has 0 saturated carbocycles. The summed E-state index contributed by atoms with van der Waals surface area (Å²) in [5, 5.41) is 13.5. The van der Waals surface area contributed by atoms with Gasteiger partial charge in [0.25, 0.3) is 5.91 Å². The van der Waals surface area contributed by atoms with Gasteiger partial charge in [0.1, 0.15) is 0 Å². The summed E-state index contributed by atoms with van der Waals surface area (Å²) in [6.45, 7) is 9.70. The van der Waals surface area contributed by atoms with E-state index in [1.54, 1.807) is 6.20 Å². The summed E-state index contributed by atoms with van der Waals surface area (Å²) in [5.41, 5.74) is 1.51. The number of carbonyl (C=O) groups is 2. The highest BCUT2D eigenvalue weighted by Gasteiger charge is 2.28. The molecule has 1 fully saturated rings. The van der Waals surface area contributed by atoms with E-state index in [9.17, 15) is 9.59 Å². The minimum Gasteiger partial charge on any atom is -0.480 e. The van der Waals surface area contributed by atoms with Crippen LogP contribution >= 0.6 is 0 Å². The summed E-state index contributed by atoms with van der Waals surface area (Å²) < 4.78 is 1.95. The van der Waals surface area contributed by atoms with Gasteiger partial charge in [-0.3, -0.25) is 19.2 Å². The largest absolute Gasteiger partial charge is 0.480 e. The second kappa shape index (κ2) is 8.20.